The molecule has 0 spiro atoms. The highest BCUT2D eigenvalue weighted by Crippen LogP contribution is 2.22. The number of benzene rings is 1. The van der Waals surface area contributed by atoms with Crippen molar-refractivity contribution < 1.29 is 4.79 Å². The molecule has 3 aromatic rings. The largest absolute Gasteiger partial charge is 0.349 e. The van der Waals surface area contributed by atoms with Crippen LogP contribution in [0.4, 0.5) is 0 Å². The Morgan fingerprint density at radius 1 is 1.19 bits per heavy atom. The maximum atomic E-state index is 12.6. The number of carbonyl (C=O) groups excluding carboxylic acids is 1. The number of hydrogen-bond donors (Lipinski definition) is 1. The molecule has 136 valence electrons. The Morgan fingerprint density at radius 2 is 1.92 bits per heavy atom. The van der Waals surface area contributed by atoms with Crippen LogP contribution in [0.25, 0.3) is 5.78 Å². The van der Waals surface area contributed by atoms with Gasteiger partial charge in [0.05, 0.1) is 6.04 Å². The molecule has 0 aliphatic carbocycles. The molecule has 0 saturated carbocycles. The predicted octanol–water partition coefficient (Wildman–Crippen LogP) is 3.19. The Morgan fingerprint density at radius 3 is 2.62 bits per heavy atom. The van der Waals surface area contributed by atoms with E-state index in [1.54, 1.807) is 4.52 Å². The lowest BCUT2D eigenvalue weighted by molar-refractivity contribution is -0.122. The first kappa shape index (κ1) is 18.0. The number of amides is 1. The molecule has 0 saturated heterocycles. The third-order valence-electron chi connectivity index (χ3n) is 4.73. The number of hydrogen-bond acceptors (Lipinski definition) is 4. The quantitative estimate of drug-likeness (QED) is 0.740. The molecule has 0 bridgehead atoms. The van der Waals surface area contributed by atoms with Gasteiger partial charge in [0.15, 0.2) is 0 Å². The number of nitrogens with one attached hydrogen (secondary N) is 1. The molecule has 0 aliphatic rings. The van der Waals surface area contributed by atoms with Crippen LogP contribution in [0.15, 0.2) is 36.7 Å². The van der Waals surface area contributed by atoms with Crippen LogP contribution in [0.3, 0.4) is 0 Å². The van der Waals surface area contributed by atoms with Crippen LogP contribution in [0, 0.1) is 19.8 Å². The van der Waals surface area contributed by atoms with E-state index in [1.807, 2.05) is 32.0 Å². The highest BCUT2D eigenvalue weighted by atomic mass is 16.1. The van der Waals surface area contributed by atoms with Crippen LogP contribution in [0.2, 0.25) is 0 Å². The monoisotopic (exact) mass is 351 g/mol. The number of fused-ring (bicyclic) bond motifs is 1. The van der Waals surface area contributed by atoms with E-state index in [1.165, 1.54) is 6.33 Å². The molecule has 1 aromatic carbocycles. The van der Waals surface area contributed by atoms with E-state index in [9.17, 15) is 4.79 Å². The zero-order chi connectivity index (χ0) is 18.7. The molecule has 6 heteroatoms. The molecule has 6 nitrogen and oxygen atoms in total. The normalized spacial score (nSPS) is 12.5. The van der Waals surface area contributed by atoms with Crippen molar-refractivity contribution in [3.8, 4) is 0 Å². The summed E-state index contributed by atoms with van der Waals surface area (Å²) in [6, 6.07) is 10.1. The van der Waals surface area contributed by atoms with Crippen LogP contribution < -0.4 is 5.32 Å². The van der Waals surface area contributed by atoms with Gasteiger partial charge in [-0.3, -0.25) is 4.79 Å². The Balaban J connectivity index is 1.71. The van der Waals surface area contributed by atoms with E-state index < -0.39 is 0 Å². The predicted molar refractivity (Wildman–Crippen MR) is 101 cm³/mol. The van der Waals surface area contributed by atoms with Crippen molar-refractivity contribution >= 4 is 11.7 Å². The Kier molecular flexibility index (Phi) is 5.30. The van der Waals surface area contributed by atoms with E-state index in [-0.39, 0.29) is 11.9 Å². The minimum atomic E-state index is 0.0156. The van der Waals surface area contributed by atoms with E-state index in [0.29, 0.717) is 24.5 Å². The molecule has 1 atom stereocenters. The molecule has 26 heavy (non-hydrogen) atoms. The second kappa shape index (κ2) is 7.64. The number of aromatic nitrogens is 4. The van der Waals surface area contributed by atoms with Crippen LogP contribution in [0.1, 0.15) is 48.8 Å². The van der Waals surface area contributed by atoms with Gasteiger partial charge >= 0.3 is 0 Å². The van der Waals surface area contributed by atoms with Gasteiger partial charge in [-0.1, -0.05) is 44.2 Å². The Hall–Kier alpha value is -2.76. The summed E-state index contributed by atoms with van der Waals surface area (Å²) in [5.41, 5.74) is 4.08. The van der Waals surface area contributed by atoms with Crippen molar-refractivity contribution in [2.75, 3.05) is 0 Å². The Bertz CT molecular complexity index is 901. The van der Waals surface area contributed by atoms with Gasteiger partial charge in [-0.15, -0.1) is 0 Å². The van der Waals surface area contributed by atoms with Crippen LogP contribution in [0.5, 0.6) is 0 Å². The number of nitrogens with zero attached hydrogens (tertiary/aromatic N) is 4. The van der Waals surface area contributed by atoms with E-state index in [4.69, 9.17) is 0 Å². The van der Waals surface area contributed by atoms with Crippen LogP contribution in [-0.2, 0) is 11.2 Å². The third-order valence-corrected chi connectivity index (χ3v) is 4.73. The van der Waals surface area contributed by atoms with Crippen LogP contribution >= 0.6 is 0 Å². The molecule has 2 heterocycles. The van der Waals surface area contributed by atoms with E-state index in [0.717, 1.165) is 22.5 Å². The van der Waals surface area contributed by atoms with Gasteiger partial charge in [-0.2, -0.15) is 10.1 Å². The first-order valence-electron chi connectivity index (χ1n) is 8.97. The molecule has 0 radical (unpaired) electrons. The maximum absolute atomic E-state index is 12.6. The van der Waals surface area contributed by atoms with Gasteiger partial charge in [-0.25, -0.2) is 9.50 Å². The van der Waals surface area contributed by atoms with Gasteiger partial charge < -0.3 is 5.32 Å². The summed E-state index contributed by atoms with van der Waals surface area (Å²) in [5, 5.41) is 7.38. The van der Waals surface area contributed by atoms with Crippen molar-refractivity contribution in [2.45, 2.75) is 46.6 Å². The summed E-state index contributed by atoms with van der Waals surface area (Å²) in [6.07, 6.45) is 2.55. The molecule has 0 fully saturated rings. The molecule has 1 N–H and O–H groups in total. The lowest BCUT2D eigenvalue weighted by atomic mass is 9.95. The first-order valence-corrected chi connectivity index (χ1v) is 8.97. The highest BCUT2D eigenvalue weighted by Gasteiger charge is 2.19. The molecular formula is C20H25N5O. The smallest absolute Gasteiger partial charge is 0.252 e. The van der Waals surface area contributed by atoms with Crippen molar-refractivity contribution in [3.05, 3.63) is 59.2 Å². The standard InChI is InChI=1S/C20H25N5O/c1-13(2)19(16-8-6-5-7-9-16)24-18(26)11-10-17-14(3)23-20-21-12-22-25(20)15(17)4/h5-9,12-13,19H,10-11H2,1-4H3,(H,24,26)/t19-/m1/s1. The second-order valence-electron chi connectivity index (χ2n) is 6.93. The second-order valence-corrected chi connectivity index (χ2v) is 6.93. The summed E-state index contributed by atoms with van der Waals surface area (Å²) in [4.78, 5) is 21.2. The summed E-state index contributed by atoms with van der Waals surface area (Å²) in [6.45, 7) is 8.18. The topological polar surface area (TPSA) is 72.2 Å². The Labute approximate surface area is 153 Å². The van der Waals surface area contributed by atoms with Crippen LogP contribution in [-0.4, -0.2) is 25.5 Å². The summed E-state index contributed by atoms with van der Waals surface area (Å²) >= 11 is 0. The van der Waals surface area contributed by atoms with Gasteiger partial charge in [0.2, 0.25) is 5.91 Å². The van der Waals surface area contributed by atoms with Gasteiger partial charge in [0.25, 0.3) is 5.78 Å². The van der Waals surface area contributed by atoms with E-state index >= 15 is 0 Å². The molecule has 2 aromatic heterocycles. The van der Waals surface area contributed by atoms with Gasteiger partial charge in [0.1, 0.15) is 6.33 Å². The third kappa shape index (κ3) is 3.74. The molecule has 1 amide bonds. The minimum Gasteiger partial charge on any atom is -0.349 e. The molecule has 0 aliphatic heterocycles. The minimum absolute atomic E-state index is 0.0156. The van der Waals surface area contributed by atoms with Crippen molar-refractivity contribution in [3.63, 3.8) is 0 Å². The van der Waals surface area contributed by atoms with Gasteiger partial charge in [0, 0.05) is 17.8 Å². The number of carbonyl (C=O) groups is 1. The average Bonchev–Trinajstić information content (AvgIpc) is 3.08. The van der Waals surface area contributed by atoms with E-state index in [2.05, 4.69) is 46.4 Å². The number of rotatable bonds is 6. The molecular weight excluding hydrogens is 326 g/mol. The first-order chi connectivity index (χ1) is 12.5. The lowest BCUT2D eigenvalue weighted by Crippen LogP contribution is -2.32. The number of aryl methyl sites for hydroxylation is 2. The fourth-order valence-corrected chi connectivity index (χ4v) is 3.30. The zero-order valence-electron chi connectivity index (χ0n) is 15.7. The van der Waals surface area contributed by atoms with Crippen molar-refractivity contribution in [1.29, 1.82) is 0 Å². The van der Waals surface area contributed by atoms with Crippen molar-refractivity contribution in [2.24, 2.45) is 5.92 Å². The molecule has 3 rings (SSSR count). The summed E-state index contributed by atoms with van der Waals surface area (Å²) < 4.78 is 1.72. The summed E-state index contributed by atoms with van der Waals surface area (Å²) in [7, 11) is 0. The highest BCUT2D eigenvalue weighted by molar-refractivity contribution is 5.76. The van der Waals surface area contributed by atoms with Crippen molar-refractivity contribution in [1.82, 2.24) is 24.9 Å². The summed E-state index contributed by atoms with van der Waals surface area (Å²) in [5.74, 6) is 0.958. The lowest BCUT2D eigenvalue weighted by Gasteiger charge is -2.23. The fraction of sp³-hybridized carbons (Fsp3) is 0.400. The zero-order valence-corrected chi connectivity index (χ0v) is 15.7. The fourth-order valence-electron chi connectivity index (χ4n) is 3.30. The molecule has 0 unspecified atom stereocenters. The maximum Gasteiger partial charge on any atom is 0.252 e. The SMILES string of the molecule is Cc1nc2ncnn2c(C)c1CCC(=O)N[C@@H](c1ccccc1)C(C)C. The average molecular weight is 351 g/mol. The van der Waals surface area contributed by atoms with Gasteiger partial charge in [-0.05, 0) is 37.3 Å².